The molecule has 4 heteroatoms. The summed E-state index contributed by atoms with van der Waals surface area (Å²) in [6, 6.07) is 9.54. The quantitative estimate of drug-likeness (QED) is 0.863. The molecule has 3 rings (SSSR count). The summed E-state index contributed by atoms with van der Waals surface area (Å²) in [6.45, 7) is 1.25. The van der Waals surface area contributed by atoms with Gasteiger partial charge in [-0.2, -0.15) is 11.3 Å². The molecule has 1 amide bonds. The van der Waals surface area contributed by atoms with Gasteiger partial charge in [0.15, 0.2) is 0 Å². The molecule has 118 valence electrons. The SMILES string of the molecule is O=C(c1ccc(C#CCc2ccsc2)cc1)N1CCC(O)CC1. The van der Waals surface area contributed by atoms with Crippen molar-refractivity contribution in [2.45, 2.75) is 25.4 Å². The molecule has 0 aliphatic carbocycles. The normalized spacial score (nSPS) is 15.1. The molecule has 3 nitrogen and oxygen atoms in total. The second-order valence-electron chi connectivity index (χ2n) is 5.71. The molecule has 1 aliphatic rings. The van der Waals surface area contributed by atoms with Crippen molar-refractivity contribution in [1.82, 2.24) is 4.90 Å². The Morgan fingerprint density at radius 1 is 1.22 bits per heavy atom. The van der Waals surface area contributed by atoms with E-state index in [0.29, 0.717) is 31.5 Å². The van der Waals surface area contributed by atoms with Crippen LogP contribution in [0.5, 0.6) is 0 Å². The maximum atomic E-state index is 12.4. The topological polar surface area (TPSA) is 40.5 Å². The molecular formula is C19H19NO2S. The van der Waals surface area contributed by atoms with Crippen LogP contribution in [0, 0.1) is 11.8 Å². The molecule has 0 unspecified atom stereocenters. The third-order valence-corrected chi connectivity index (χ3v) is 4.72. The number of hydrogen-bond acceptors (Lipinski definition) is 3. The lowest BCUT2D eigenvalue weighted by molar-refractivity contribution is 0.0546. The molecule has 1 aromatic heterocycles. The van der Waals surface area contributed by atoms with Gasteiger partial charge in [-0.3, -0.25) is 4.79 Å². The van der Waals surface area contributed by atoms with Crippen LogP contribution in [0.2, 0.25) is 0 Å². The zero-order valence-corrected chi connectivity index (χ0v) is 13.7. The molecule has 0 radical (unpaired) electrons. The highest BCUT2D eigenvalue weighted by molar-refractivity contribution is 7.07. The van der Waals surface area contributed by atoms with Crippen LogP contribution in [0.3, 0.4) is 0 Å². The summed E-state index contributed by atoms with van der Waals surface area (Å²) in [5.74, 6) is 6.32. The van der Waals surface area contributed by atoms with Crippen molar-refractivity contribution in [2.75, 3.05) is 13.1 Å². The number of hydrogen-bond donors (Lipinski definition) is 1. The van der Waals surface area contributed by atoms with Crippen LogP contribution in [-0.4, -0.2) is 35.1 Å². The monoisotopic (exact) mass is 325 g/mol. The molecule has 0 bridgehead atoms. The summed E-state index contributed by atoms with van der Waals surface area (Å²) < 4.78 is 0. The number of benzene rings is 1. The van der Waals surface area contributed by atoms with Gasteiger partial charge in [0.2, 0.25) is 0 Å². The summed E-state index contributed by atoms with van der Waals surface area (Å²) in [5, 5.41) is 13.7. The molecular weight excluding hydrogens is 306 g/mol. The van der Waals surface area contributed by atoms with Gasteiger partial charge in [0.25, 0.3) is 5.91 Å². The van der Waals surface area contributed by atoms with Crippen molar-refractivity contribution in [3.8, 4) is 11.8 Å². The third kappa shape index (κ3) is 4.22. The molecule has 1 fully saturated rings. The summed E-state index contributed by atoms with van der Waals surface area (Å²) >= 11 is 1.68. The standard InChI is InChI=1S/C19H19NO2S/c21-18-8-11-20(12-9-18)19(22)17-6-4-15(5-7-17)2-1-3-16-10-13-23-14-16/h4-7,10,13-14,18,21H,3,8-9,11-12H2. The Kier molecular flexibility index (Phi) is 5.12. The lowest BCUT2D eigenvalue weighted by atomic mass is 10.1. The van der Waals surface area contributed by atoms with Gasteiger partial charge in [-0.25, -0.2) is 0 Å². The fraction of sp³-hybridized carbons (Fsp3) is 0.316. The van der Waals surface area contributed by atoms with Crippen LogP contribution in [0.4, 0.5) is 0 Å². The average molecular weight is 325 g/mol. The van der Waals surface area contributed by atoms with E-state index < -0.39 is 0 Å². The number of nitrogens with zero attached hydrogens (tertiary/aromatic N) is 1. The minimum Gasteiger partial charge on any atom is -0.393 e. The summed E-state index contributed by atoms with van der Waals surface area (Å²) in [4.78, 5) is 14.2. The van der Waals surface area contributed by atoms with Gasteiger partial charge in [0.05, 0.1) is 6.10 Å². The minimum atomic E-state index is -0.264. The van der Waals surface area contributed by atoms with Crippen LogP contribution in [0.15, 0.2) is 41.1 Å². The Balaban J connectivity index is 1.60. The molecule has 23 heavy (non-hydrogen) atoms. The number of carbonyl (C=O) groups excluding carboxylic acids is 1. The Labute approximate surface area is 140 Å². The second kappa shape index (κ2) is 7.45. The Hall–Kier alpha value is -2.09. The highest BCUT2D eigenvalue weighted by Crippen LogP contribution is 2.14. The van der Waals surface area contributed by atoms with Gasteiger partial charge in [-0.1, -0.05) is 11.8 Å². The largest absolute Gasteiger partial charge is 0.393 e. The molecule has 0 atom stereocenters. The Bertz CT molecular complexity index is 702. The molecule has 2 heterocycles. The molecule has 0 saturated carbocycles. The fourth-order valence-electron chi connectivity index (χ4n) is 2.59. The molecule has 1 aliphatic heterocycles. The summed E-state index contributed by atoms with van der Waals surface area (Å²) in [5.41, 5.74) is 2.84. The number of carbonyl (C=O) groups is 1. The Morgan fingerprint density at radius 3 is 2.61 bits per heavy atom. The highest BCUT2D eigenvalue weighted by Gasteiger charge is 2.21. The number of amides is 1. The Morgan fingerprint density at radius 2 is 1.96 bits per heavy atom. The first kappa shape index (κ1) is 15.8. The summed E-state index contributed by atoms with van der Waals surface area (Å²) in [7, 11) is 0. The molecule has 0 spiro atoms. The molecule has 1 saturated heterocycles. The van der Waals surface area contributed by atoms with Crippen LogP contribution in [0.1, 0.15) is 34.3 Å². The maximum absolute atomic E-state index is 12.4. The number of likely N-dealkylation sites (tertiary alicyclic amines) is 1. The highest BCUT2D eigenvalue weighted by atomic mass is 32.1. The van der Waals surface area contributed by atoms with E-state index in [1.807, 2.05) is 29.2 Å². The lowest BCUT2D eigenvalue weighted by Crippen LogP contribution is -2.40. The van der Waals surface area contributed by atoms with E-state index in [1.165, 1.54) is 5.56 Å². The van der Waals surface area contributed by atoms with Gasteiger partial charge in [-0.15, -0.1) is 0 Å². The lowest BCUT2D eigenvalue weighted by Gasteiger charge is -2.29. The first-order chi connectivity index (χ1) is 11.2. The molecule has 2 aromatic rings. The van der Waals surface area contributed by atoms with Crippen LogP contribution >= 0.6 is 11.3 Å². The number of aliphatic hydroxyl groups excluding tert-OH is 1. The zero-order valence-electron chi connectivity index (χ0n) is 12.9. The maximum Gasteiger partial charge on any atom is 0.253 e. The van der Waals surface area contributed by atoms with E-state index in [-0.39, 0.29) is 12.0 Å². The van der Waals surface area contributed by atoms with E-state index in [9.17, 15) is 9.90 Å². The average Bonchev–Trinajstić information content (AvgIpc) is 3.09. The minimum absolute atomic E-state index is 0.0367. The van der Waals surface area contributed by atoms with Crippen molar-refractivity contribution in [2.24, 2.45) is 0 Å². The van der Waals surface area contributed by atoms with Crippen LogP contribution in [-0.2, 0) is 6.42 Å². The molecule has 1 aromatic carbocycles. The van der Waals surface area contributed by atoms with E-state index in [1.54, 1.807) is 11.3 Å². The van der Waals surface area contributed by atoms with Crippen molar-refractivity contribution in [1.29, 1.82) is 0 Å². The predicted molar refractivity (Wildman–Crippen MR) is 92.5 cm³/mol. The summed E-state index contributed by atoms with van der Waals surface area (Å²) in [6.07, 6.45) is 1.82. The van der Waals surface area contributed by atoms with Gasteiger partial charge in [0, 0.05) is 30.6 Å². The second-order valence-corrected chi connectivity index (χ2v) is 6.49. The number of rotatable bonds is 2. The van der Waals surface area contributed by atoms with Gasteiger partial charge in [-0.05, 0) is 59.5 Å². The van der Waals surface area contributed by atoms with Gasteiger partial charge < -0.3 is 10.0 Å². The fourth-order valence-corrected chi connectivity index (χ4v) is 3.26. The van der Waals surface area contributed by atoms with E-state index in [2.05, 4.69) is 28.7 Å². The smallest absolute Gasteiger partial charge is 0.253 e. The van der Waals surface area contributed by atoms with E-state index in [0.717, 1.165) is 12.0 Å². The number of aliphatic hydroxyl groups is 1. The van der Waals surface area contributed by atoms with E-state index in [4.69, 9.17) is 0 Å². The van der Waals surface area contributed by atoms with Crippen molar-refractivity contribution in [3.05, 3.63) is 57.8 Å². The van der Waals surface area contributed by atoms with Crippen molar-refractivity contribution >= 4 is 17.2 Å². The first-order valence-electron chi connectivity index (χ1n) is 7.80. The van der Waals surface area contributed by atoms with Gasteiger partial charge >= 0.3 is 0 Å². The molecule has 1 N–H and O–H groups in total. The van der Waals surface area contributed by atoms with E-state index >= 15 is 0 Å². The van der Waals surface area contributed by atoms with Crippen LogP contribution < -0.4 is 0 Å². The third-order valence-electron chi connectivity index (χ3n) is 3.99. The first-order valence-corrected chi connectivity index (χ1v) is 8.74. The zero-order chi connectivity index (χ0) is 16.1. The van der Waals surface area contributed by atoms with Crippen LogP contribution in [0.25, 0.3) is 0 Å². The number of thiophene rings is 1. The predicted octanol–water partition coefficient (Wildman–Crippen LogP) is 2.94. The van der Waals surface area contributed by atoms with Crippen molar-refractivity contribution < 1.29 is 9.90 Å². The van der Waals surface area contributed by atoms with Crippen molar-refractivity contribution in [3.63, 3.8) is 0 Å². The van der Waals surface area contributed by atoms with Gasteiger partial charge in [0.1, 0.15) is 0 Å². The number of piperidine rings is 1.